The lowest BCUT2D eigenvalue weighted by Crippen LogP contribution is -2.33. The Labute approximate surface area is 120 Å². The van der Waals surface area contributed by atoms with E-state index in [1.807, 2.05) is 24.0 Å². The van der Waals surface area contributed by atoms with Crippen LogP contribution in [-0.2, 0) is 16.6 Å². The van der Waals surface area contributed by atoms with Gasteiger partial charge in [-0.05, 0) is 19.1 Å². The summed E-state index contributed by atoms with van der Waals surface area (Å²) >= 11 is 0. The first-order chi connectivity index (χ1) is 9.28. The molecule has 0 saturated carbocycles. The zero-order valence-electron chi connectivity index (χ0n) is 12.1. The van der Waals surface area contributed by atoms with Crippen LogP contribution in [0.4, 0.5) is 0 Å². The number of nitrogens with zero attached hydrogens (tertiary/aromatic N) is 2. The third-order valence-electron chi connectivity index (χ3n) is 3.64. The summed E-state index contributed by atoms with van der Waals surface area (Å²) in [5, 5.41) is 10.0. The molecule has 1 aliphatic rings. The Morgan fingerprint density at radius 1 is 1.40 bits per heavy atom. The fourth-order valence-corrected chi connectivity index (χ4v) is 3.61. The second-order valence-corrected chi connectivity index (χ2v) is 7.82. The molecule has 6 nitrogen and oxygen atoms in total. The first-order valence-electron chi connectivity index (χ1n) is 6.64. The molecule has 0 spiro atoms. The zero-order valence-corrected chi connectivity index (χ0v) is 12.9. The van der Waals surface area contributed by atoms with Crippen LogP contribution in [0.1, 0.15) is 11.5 Å². The fraction of sp³-hybridized carbons (Fsp3) is 0.692. The van der Waals surface area contributed by atoms with Crippen LogP contribution in [0, 0.1) is 12.8 Å². The van der Waals surface area contributed by atoms with Crippen LogP contribution in [0.25, 0.3) is 0 Å². The van der Waals surface area contributed by atoms with Crippen LogP contribution in [-0.4, -0.2) is 61.8 Å². The molecular weight excluding hydrogens is 280 g/mol. The van der Waals surface area contributed by atoms with Gasteiger partial charge < -0.3 is 9.52 Å². The third kappa shape index (κ3) is 3.60. The molecule has 114 valence electrons. The van der Waals surface area contributed by atoms with Crippen molar-refractivity contribution >= 4 is 10.0 Å². The number of aliphatic hydroxyl groups is 1. The molecule has 0 radical (unpaired) electrons. The second-order valence-electron chi connectivity index (χ2n) is 5.59. The van der Waals surface area contributed by atoms with Crippen LogP contribution in [0.5, 0.6) is 0 Å². The lowest BCUT2D eigenvalue weighted by Gasteiger charge is -2.17. The van der Waals surface area contributed by atoms with Gasteiger partial charge in [0.05, 0.1) is 18.4 Å². The van der Waals surface area contributed by atoms with Crippen LogP contribution < -0.4 is 0 Å². The van der Waals surface area contributed by atoms with Gasteiger partial charge in [-0.25, -0.2) is 12.7 Å². The van der Waals surface area contributed by atoms with E-state index in [9.17, 15) is 13.5 Å². The largest absolute Gasteiger partial charge is 0.465 e. The van der Waals surface area contributed by atoms with Crippen molar-refractivity contribution in [2.75, 3.05) is 32.9 Å². The molecule has 1 saturated heterocycles. The van der Waals surface area contributed by atoms with Gasteiger partial charge in [-0.2, -0.15) is 0 Å². The molecule has 1 aromatic heterocycles. The first kappa shape index (κ1) is 15.5. The minimum absolute atomic E-state index is 0.0190. The molecule has 20 heavy (non-hydrogen) atoms. The molecule has 1 fully saturated rings. The van der Waals surface area contributed by atoms with Crippen LogP contribution in [0.15, 0.2) is 16.5 Å². The quantitative estimate of drug-likeness (QED) is 0.845. The van der Waals surface area contributed by atoms with Crippen molar-refractivity contribution in [1.82, 2.24) is 9.21 Å². The van der Waals surface area contributed by atoms with Gasteiger partial charge in [-0.3, -0.25) is 4.90 Å². The monoisotopic (exact) mass is 302 g/mol. The van der Waals surface area contributed by atoms with Gasteiger partial charge in [0.1, 0.15) is 11.5 Å². The Morgan fingerprint density at radius 3 is 2.65 bits per heavy atom. The van der Waals surface area contributed by atoms with Crippen LogP contribution in [0.3, 0.4) is 0 Å². The normalized spacial score (nSPS) is 24.6. The standard InChI is InChI=1S/C13H22N2O4S/c1-10-4-5-12(19-10)7-15-6-11(13(16)8-15)9-20(17,18)14(2)3/h4-5,11,13,16H,6-9H2,1-3H3/t11-,13-/m0/s1. The molecule has 1 aromatic rings. The summed E-state index contributed by atoms with van der Waals surface area (Å²) in [7, 11) is -0.256. The molecular formula is C13H22N2O4S. The van der Waals surface area contributed by atoms with Gasteiger partial charge in [0, 0.05) is 33.1 Å². The number of furan rings is 1. The molecule has 0 amide bonds. The van der Waals surface area contributed by atoms with E-state index < -0.39 is 16.1 Å². The highest BCUT2D eigenvalue weighted by atomic mass is 32.2. The molecule has 7 heteroatoms. The Balaban J connectivity index is 1.95. The van der Waals surface area contributed by atoms with E-state index in [2.05, 4.69) is 0 Å². The average Bonchev–Trinajstić information content (AvgIpc) is 2.86. The number of hydrogen-bond donors (Lipinski definition) is 1. The van der Waals surface area contributed by atoms with E-state index in [-0.39, 0.29) is 11.7 Å². The van der Waals surface area contributed by atoms with E-state index in [1.54, 1.807) is 0 Å². The summed E-state index contributed by atoms with van der Waals surface area (Å²) in [4.78, 5) is 2.03. The number of hydrogen-bond acceptors (Lipinski definition) is 5. The minimum atomic E-state index is -3.28. The lowest BCUT2D eigenvalue weighted by atomic mass is 10.1. The van der Waals surface area contributed by atoms with Gasteiger partial charge >= 0.3 is 0 Å². The van der Waals surface area contributed by atoms with Crippen molar-refractivity contribution in [1.29, 1.82) is 0 Å². The third-order valence-corrected chi connectivity index (χ3v) is 5.60. The molecule has 0 bridgehead atoms. The molecule has 0 aromatic carbocycles. The van der Waals surface area contributed by atoms with Gasteiger partial charge in [0.25, 0.3) is 0 Å². The van der Waals surface area contributed by atoms with Gasteiger partial charge in [-0.1, -0.05) is 0 Å². The predicted octanol–water partition coefficient (Wildman–Crippen LogP) is 0.272. The summed E-state index contributed by atoms with van der Waals surface area (Å²) in [5.74, 6) is 1.42. The SMILES string of the molecule is Cc1ccc(CN2C[C@@H](CS(=O)(=O)N(C)C)[C@@H](O)C2)o1. The van der Waals surface area contributed by atoms with E-state index >= 15 is 0 Å². The van der Waals surface area contributed by atoms with Crippen molar-refractivity contribution in [2.24, 2.45) is 5.92 Å². The second kappa shape index (κ2) is 5.85. The number of β-amino-alcohol motifs (C(OH)–C–C–N with tert-alkyl or cyclic N) is 1. The molecule has 1 aliphatic heterocycles. The average molecular weight is 302 g/mol. The Morgan fingerprint density at radius 2 is 2.10 bits per heavy atom. The molecule has 2 rings (SSSR count). The van der Waals surface area contributed by atoms with Gasteiger partial charge in [0.15, 0.2) is 0 Å². The summed E-state index contributed by atoms with van der Waals surface area (Å²) in [6.07, 6.45) is -0.610. The number of likely N-dealkylation sites (tertiary alicyclic amines) is 1. The van der Waals surface area contributed by atoms with Crippen molar-refractivity contribution in [3.8, 4) is 0 Å². The fourth-order valence-electron chi connectivity index (χ4n) is 2.44. The topological polar surface area (TPSA) is 74.0 Å². The highest BCUT2D eigenvalue weighted by Gasteiger charge is 2.35. The van der Waals surface area contributed by atoms with Crippen molar-refractivity contribution < 1.29 is 17.9 Å². The number of rotatable bonds is 5. The van der Waals surface area contributed by atoms with Crippen molar-refractivity contribution in [2.45, 2.75) is 19.6 Å². The smallest absolute Gasteiger partial charge is 0.214 e. The van der Waals surface area contributed by atoms with Crippen molar-refractivity contribution in [3.05, 3.63) is 23.7 Å². The van der Waals surface area contributed by atoms with E-state index in [0.717, 1.165) is 11.5 Å². The van der Waals surface area contributed by atoms with E-state index in [4.69, 9.17) is 4.42 Å². The Hall–Kier alpha value is -0.890. The molecule has 1 N–H and O–H groups in total. The predicted molar refractivity (Wildman–Crippen MR) is 75.7 cm³/mol. The molecule has 0 aliphatic carbocycles. The van der Waals surface area contributed by atoms with E-state index in [1.165, 1.54) is 18.4 Å². The molecule has 0 unspecified atom stereocenters. The summed E-state index contributed by atoms with van der Waals surface area (Å²) < 4.78 is 30.5. The molecule has 2 atom stereocenters. The van der Waals surface area contributed by atoms with Crippen molar-refractivity contribution in [3.63, 3.8) is 0 Å². The Kier molecular flexibility index (Phi) is 4.53. The van der Waals surface area contributed by atoms with Gasteiger partial charge in [0.2, 0.25) is 10.0 Å². The lowest BCUT2D eigenvalue weighted by molar-refractivity contribution is 0.147. The highest BCUT2D eigenvalue weighted by molar-refractivity contribution is 7.89. The maximum absolute atomic E-state index is 11.9. The summed E-state index contributed by atoms with van der Waals surface area (Å²) in [6.45, 7) is 3.53. The maximum Gasteiger partial charge on any atom is 0.214 e. The summed E-state index contributed by atoms with van der Waals surface area (Å²) in [6, 6.07) is 3.81. The molecule has 2 heterocycles. The zero-order chi connectivity index (χ0) is 14.9. The minimum Gasteiger partial charge on any atom is -0.465 e. The van der Waals surface area contributed by atoms with Crippen LogP contribution in [0.2, 0.25) is 0 Å². The Bertz CT molecular complexity index is 552. The van der Waals surface area contributed by atoms with Crippen LogP contribution >= 0.6 is 0 Å². The maximum atomic E-state index is 11.9. The highest BCUT2D eigenvalue weighted by Crippen LogP contribution is 2.22. The number of aryl methyl sites for hydroxylation is 1. The van der Waals surface area contributed by atoms with Gasteiger partial charge in [-0.15, -0.1) is 0 Å². The number of sulfonamides is 1. The number of aliphatic hydroxyl groups excluding tert-OH is 1. The van der Waals surface area contributed by atoms with E-state index in [0.29, 0.717) is 19.6 Å². The summed E-state index contributed by atoms with van der Waals surface area (Å²) in [5.41, 5.74) is 0. The first-order valence-corrected chi connectivity index (χ1v) is 8.25.